The van der Waals surface area contributed by atoms with Gasteiger partial charge in [-0.1, -0.05) is 42.5 Å². The van der Waals surface area contributed by atoms with Gasteiger partial charge in [0.2, 0.25) is 18.2 Å². The molecule has 0 saturated carbocycles. The summed E-state index contributed by atoms with van der Waals surface area (Å²) in [4.78, 5) is 40.2. The second-order valence-corrected chi connectivity index (χ2v) is 7.50. The topological polar surface area (TPSA) is 126 Å². The number of phenolic OH excluding ortho intramolecular Hbond substituents is 1. The zero-order valence-corrected chi connectivity index (χ0v) is 18.1. The molecule has 2 aromatic carbocycles. The van der Waals surface area contributed by atoms with Crippen molar-refractivity contribution in [3.05, 3.63) is 65.7 Å². The van der Waals surface area contributed by atoms with Gasteiger partial charge in [-0.05, 0) is 37.0 Å². The number of hydrogen-bond donors (Lipinski definition) is 3. The van der Waals surface area contributed by atoms with Gasteiger partial charge < -0.3 is 25.2 Å². The molecule has 1 aliphatic heterocycles. The van der Waals surface area contributed by atoms with Crippen molar-refractivity contribution in [3.8, 4) is 5.75 Å². The van der Waals surface area contributed by atoms with E-state index in [1.54, 1.807) is 18.2 Å². The van der Waals surface area contributed by atoms with Gasteiger partial charge in [0.05, 0.1) is 5.56 Å². The lowest BCUT2D eigenvalue weighted by molar-refractivity contribution is -0.149. The molecule has 33 heavy (non-hydrogen) atoms. The molecule has 3 N–H and O–H groups in total. The number of ether oxygens (including phenoxy) is 2. The summed E-state index contributed by atoms with van der Waals surface area (Å²) in [6.45, 7) is 0.583. The monoisotopic (exact) mass is 453 g/mol. The van der Waals surface area contributed by atoms with Crippen LogP contribution in [-0.2, 0) is 30.5 Å². The van der Waals surface area contributed by atoms with Gasteiger partial charge in [-0.3, -0.25) is 9.59 Å². The molecule has 0 aromatic heterocycles. The molecule has 0 unspecified atom stereocenters. The van der Waals surface area contributed by atoms with Crippen molar-refractivity contribution in [2.24, 2.45) is 4.99 Å². The van der Waals surface area contributed by atoms with E-state index in [4.69, 9.17) is 9.47 Å². The summed E-state index contributed by atoms with van der Waals surface area (Å²) in [5.74, 6) is -0.826. The SMILES string of the molecule is O=CNCCCC[C@H](NC(=O)[C@H]1COC(c2ccccc2O)=N1)C(=O)OCc1ccccc1. The second-order valence-electron chi connectivity index (χ2n) is 7.50. The number of para-hydroxylation sites is 1. The Bertz CT molecular complexity index is 979. The lowest BCUT2D eigenvalue weighted by Crippen LogP contribution is -2.46. The van der Waals surface area contributed by atoms with E-state index >= 15 is 0 Å². The first-order chi connectivity index (χ1) is 16.1. The lowest BCUT2D eigenvalue weighted by atomic mass is 10.1. The maximum Gasteiger partial charge on any atom is 0.328 e. The molecule has 0 spiro atoms. The third kappa shape index (κ3) is 7.06. The molecule has 2 amide bonds. The largest absolute Gasteiger partial charge is 0.507 e. The van der Waals surface area contributed by atoms with Gasteiger partial charge in [0.25, 0.3) is 0 Å². The summed E-state index contributed by atoms with van der Waals surface area (Å²) in [5.41, 5.74) is 1.24. The average Bonchev–Trinajstić information content (AvgIpc) is 3.33. The maximum atomic E-state index is 12.8. The second kappa shape index (κ2) is 12.2. The van der Waals surface area contributed by atoms with E-state index < -0.39 is 24.0 Å². The standard InChI is InChI=1S/C24H27N3O6/c28-16-25-13-7-6-11-19(24(31)33-14-17-8-2-1-3-9-17)26-22(30)20-15-32-23(27-20)18-10-4-5-12-21(18)29/h1-5,8-10,12,16,19-20,29H,6-7,11,13-15H2,(H,25,28)(H,26,30)/t19-,20+/m0/s1. The highest BCUT2D eigenvalue weighted by atomic mass is 16.5. The minimum Gasteiger partial charge on any atom is -0.507 e. The van der Waals surface area contributed by atoms with E-state index in [-0.39, 0.29) is 24.9 Å². The Labute approximate surface area is 191 Å². The van der Waals surface area contributed by atoms with Crippen molar-refractivity contribution in [3.63, 3.8) is 0 Å². The van der Waals surface area contributed by atoms with Crippen molar-refractivity contribution in [2.75, 3.05) is 13.2 Å². The molecular weight excluding hydrogens is 426 g/mol. The van der Waals surface area contributed by atoms with Gasteiger partial charge in [-0.25, -0.2) is 9.79 Å². The average molecular weight is 453 g/mol. The van der Waals surface area contributed by atoms with Crippen LogP contribution in [0.5, 0.6) is 5.75 Å². The van der Waals surface area contributed by atoms with Crippen LogP contribution in [0.4, 0.5) is 0 Å². The number of amides is 2. The minimum atomic E-state index is -0.859. The molecule has 174 valence electrons. The van der Waals surface area contributed by atoms with Crippen LogP contribution < -0.4 is 10.6 Å². The fourth-order valence-electron chi connectivity index (χ4n) is 3.29. The van der Waals surface area contributed by atoms with Crippen LogP contribution in [0.25, 0.3) is 0 Å². The van der Waals surface area contributed by atoms with E-state index in [9.17, 15) is 19.5 Å². The number of carbonyl (C=O) groups is 3. The van der Waals surface area contributed by atoms with E-state index in [1.807, 2.05) is 30.3 Å². The van der Waals surface area contributed by atoms with E-state index in [2.05, 4.69) is 15.6 Å². The highest BCUT2D eigenvalue weighted by Gasteiger charge is 2.31. The van der Waals surface area contributed by atoms with Gasteiger partial charge in [0.1, 0.15) is 25.0 Å². The summed E-state index contributed by atoms with van der Waals surface area (Å²) in [7, 11) is 0. The van der Waals surface area contributed by atoms with E-state index in [0.717, 1.165) is 5.56 Å². The van der Waals surface area contributed by atoms with Crippen LogP contribution in [0.3, 0.4) is 0 Å². The Hall–Kier alpha value is -3.88. The smallest absolute Gasteiger partial charge is 0.328 e. The zero-order chi connectivity index (χ0) is 23.5. The summed E-state index contributed by atoms with van der Waals surface area (Å²) in [6, 6.07) is 14.1. The maximum absolute atomic E-state index is 12.8. The first-order valence-corrected chi connectivity index (χ1v) is 10.8. The molecule has 9 nitrogen and oxygen atoms in total. The van der Waals surface area contributed by atoms with E-state index in [0.29, 0.717) is 37.8 Å². The number of rotatable bonds is 12. The van der Waals surface area contributed by atoms with Crippen LogP contribution in [0.1, 0.15) is 30.4 Å². The number of nitrogens with one attached hydrogen (secondary N) is 2. The third-order valence-electron chi connectivity index (χ3n) is 5.06. The van der Waals surface area contributed by atoms with Crippen LogP contribution in [-0.4, -0.2) is 54.5 Å². The van der Waals surface area contributed by atoms with Gasteiger partial charge in [0.15, 0.2) is 6.04 Å². The number of unbranched alkanes of at least 4 members (excludes halogenated alkanes) is 1. The highest BCUT2D eigenvalue weighted by molar-refractivity contribution is 6.00. The molecule has 0 saturated heterocycles. The molecule has 2 atom stereocenters. The number of phenols is 1. The molecular formula is C24H27N3O6. The van der Waals surface area contributed by atoms with Crippen molar-refractivity contribution in [1.29, 1.82) is 0 Å². The van der Waals surface area contributed by atoms with Gasteiger partial charge in [-0.2, -0.15) is 0 Å². The fraction of sp³-hybridized carbons (Fsp3) is 0.333. The number of esters is 1. The molecule has 0 aliphatic carbocycles. The highest BCUT2D eigenvalue weighted by Crippen LogP contribution is 2.21. The fourth-order valence-corrected chi connectivity index (χ4v) is 3.29. The van der Waals surface area contributed by atoms with Crippen molar-refractivity contribution in [1.82, 2.24) is 10.6 Å². The molecule has 3 rings (SSSR count). The predicted octanol–water partition coefficient (Wildman–Crippen LogP) is 1.68. The molecule has 1 heterocycles. The zero-order valence-electron chi connectivity index (χ0n) is 18.1. The number of nitrogens with zero attached hydrogens (tertiary/aromatic N) is 1. The quantitative estimate of drug-likeness (QED) is 0.255. The number of carbonyl (C=O) groups excluding carboxylic acids is 3. The molecule has 1 aliphatic rings. The summed E-state index contributed by atoms with van der Waals surface area (Å²) in [6.07, 6.45) is 2.22. The molecule has 0 radical (unpaired) electrons. The predicted molar refractivity (Wildman–Crippen MR) is 120 cm³/mol. The third-order valence-corrected chi connectivity index (χ3v) is 5.06. The number of benzene rings is 2. The van der Waals surface area contributed by atoms with Gasteiger partial charge >= 0.3 is 5.97 Å². The van der Waals surface area contributed by atoms with Crippen LogP contribution in [0.15, 0.2) is 59.6 Å². The normalized spacial score (nSPS) is 15.6. The molecule has 0 bridgehead atoms. The molecule has 9 heteroatoms. The summed E-state index contributed by atoms with van der Waals surface area (Å²) in [5, 5.41) is 15.3. The van der Waals surface area contributed by atoms with E-state index in [1.165, 1.54) is 6.07 Å². The van der Waals surface area contributed by atoms with Crippen molar-refractivity contribution < 1.29 is 29.0 Å². The summed E-state index contributed by atoms with van der Waals surface area (Å²) < 4.78 is 10.9. The van der Waals surface area contributed by atoms with Crippen molar-refractivity contribution in [2.45, 2.75) is 38.0 Å². The Morgan fingerprint density at radius 1 is 1.15 bits per heavy atom. The van der Waals surface area contributed by atoms with Gasteiger partial charge in [0, 0.05) is 6.54 Å². The molecule has 0 fully saturated rings. The first-order valence-electron chi connectivity index (χ1n) is 10.8. The number of hydrogen-bond acceptors (Lipinski definition) is 7. The first kappa shape index (κ1) is 23.8. The lowest BCUT2D eigenvalue weighted by Gasteiger charge is -2.19. The Morgan fingerprint density at radius 2 is 1.91 bits per heavy atom. The van der Waals surface area contributed by atoms with Crippen LogP contribution in [0, 0.1) is 0 Å². The summed E-state index contributed by atoms with van der Waals surface area (Å²) >= 11 is 0. The Balaban J connectivity index is 1.61. The Kier molecular flexibility index (Phi) is 8.81. The Morgan fingerprint density at radius 3 is 2.67 bits per heavy atom. The van der Waals surface area contributed by atoms with Crippen LogP contribution in [0.2, 0.25) is 0 Å². The molecule has 2 aromatic rings. The minimum absolute atomic E-state index is 0.00334. The number of aliphatic imine (C=N–C) groups is 1. The van der Waals surface area contributed by atoms with Gasteiger partial charge in [-0.15, -0.1) is 0 Å². The number of aromatic hydroxyl groups is 1. The van der Waals surface area contributed by atoms with Crippen LogP contribution >= 0.6 is 0 Å². The van der Waals surface area contributed by atoms with Crippen molar-refractivity contribution >= 4 is 24.2 Å².